The minimum atomic E-state index is 0.339. The van der Waals surface area contributed by atoms with E-state index in [-0.39, 0.29) is 0 Å². The SMILES string of the molecule is CC(C)Cc1ccccc1C(C)(C)C1CCCCC1. The lowest BCUT2D eigenvalue weighted by atomic mass is 9.66. The van der Waals surface area contributed by atoms with Gasteiger partial charge in [-0.2, -0.15) is 0 Å². The van der Waals surface area contributed by atoms with E-state index in [1.54, 1.807) is 11.1 Å². The Labute approximate surface area is 119 Å². The maximum atomic E-state index is 2.47. The Morgan fingerprint density at radius 2 is 1.68 bits per heavy atom. The minimum absolute atomic E-state index is 0.339. The Hall–Kier alpha value is -0.780. The molecule has 0 heteroatoms. The van der Waals surface area contributed by atoms with E-state index in [4.69, 9.17) is 0 Å². The van der Waals surface area contributed by atoms with Crippen molar-refractivity contribution in [2.24, 2.45) is 11.8 Å². The van der Waals surface area contributed by atoms with Crippen LogP contribution in [0.1, 0.15) is 70.9 Å². The third-order valence-corrected chi connectivity index (χ3v) is 4.97. The van der Waals surface area contributed by atoms with E-state index >= 15 is 0 Å². The first-order valence-corrected chi connectivity index (χ1v) is 8.10. The average Bonchev–Trinajstić information content (AvgIpc) is 2.39. The second-order valence-electron chi connectivity index (χ2n) is 7.31. The van der Waals surface area contributed by atoms with Crippen LogP contribution >= 0.6 is 0 Å². The van der Waals surface area contributed by atoms with Crippen LogP contribution in [0, 0.1) is 11.8 Å². The molecule has 1 fully saturated rings. The molecule has 0 amide bonds. The molecule has 1 aromatic carbocycles. The lowest BCUT2D eigenvalue weighted by molar-refractivity contribution is 0.234. The monoisotopic (exact) mass is 258 g/mol. The molecule has 0 heterocycles. The van der Waals surface area contributed by atoms with E-state index in [0.29, 0.717) is 5.41 Å². The summed E-state index contributed by atoms with van der Waals surface area (Å²) in [6, 6.07) is 9.16. The molecule has 0 nitrogen and oxygen atoms in total. The van der Waals surface area contributed by atoms with Crippen molar-refractivity contribution in [1.82, 2.24) is 0 Å². The standard InChI is InChI=1S/C19H30/c1-15(2)14-16-10-8-9-13-18(16)19(3,4)17-11-6-5-7-12-17/h8-10,13,15,17H,5-7,11-12,14H2,1-4H3. The van der Waals surface area contributed by atoms with Crippen LogP contribution in [-0.4, -0.2) is 0 Å². The zero-order valence-electron chi connectivity index (χ0n) is 13.2. The zero-order chi connectivity index (χ0) is 13.9. The van der Waals surface area contributed by atoms with Gasteiger partial charge in [0.15, 0.2) is 0 Å². The molecule has 1 aromatic rings. The fourth-order valence-electron chi connectivity index (χ4n) is 3.81. The van der Waals surface area contributed by atoms with Gasteiger partial charge in [0.1, 0.15) is 0 Å². The van der Waals surface area contributed by atoms with Gasteiger partial charge in [0.25, 0.3) is 0 Å². The van der Waals surface area contributed by atoms with Crippen LogP contribution in [0.5, 0.6) is 0 Å². The summed E-state index contributed by atoms with van der Waals surface area (Å²) in [6.07, 6.45) is 8.36. The van der Waals surface area contributed by atoms with E-state index in [9.17, 15) is 0 Å². The number of hydrogen-bond donors (Lipinski definition) is 0. The predicted molar refractivity (Wildman–Crippen MR) is 84.6 cm³/mol. The molecule has 0 saturated heterocycles. The highest BCUT2D eigenvalue weighted by molar-refractivity contribution is 5.34. The van der Waals surface area contributed by atoms with Crippen molar-refractivity contribution in [1.29, 1.82) is 0 Å². The third-order valence-electron chi connectivity index (χ3n) is 4.97. The van der Waals surface area contributed by atoms with Gasteiger partial charge in [-0.25, -0.2) is 0 Å². The molecular weight excluding hydrogens is 228 g/mol. The first-order valence-electron chi connectivity index (χ1n) is 8.10. The van der Waals surface area contributed by atoms with Gasteiger partial charge in [-0.05, 0) is 47.6 Å². The van der Waals surface area contributed by atoms with Crippen LogP contribution in [0.2, 0.25) is 0 Å². The normalized spacial score (nSPS) is 17.9. The lowest BCUT2D eigenvalue weighted by Gasteiger charge is -2.39. The Morgan fingerprint density at radius 3 is 2.32 bits per heavy atom. The maximum Gasteiger partial charge on any atom is -0.00726 e. The van der Waals surface area contributed by atoms with Crippen molar-refractivity contribution >= 4 is 0 Å². The van der Waals surface area contributed by atoms with Crippen LogP contribution in [0.4, 0.5) is 0 Å². The molecule has 106 valence electrons. The van der Waals surface area contributed by atoms with Crippen LogP contribution < -0.4 is 0 Å². The highest BCUT2D eigenvalue weighted by Crippen LogP contribution is 2.42. The van der Waals surface area contributed by atoms with E-state index in [1.807, 2.05) is 0 Å². The first kappa shape index (κ1) is 14.6. The Balaban J connectivity index is 2.27. The molecule has 1 aliphatic carbocycles. The molecule has 0 aliphatic heterocycles. The van der Waals surface area contributed by atoms with E-state index in [0.717, 1.165) is 11.8 Å². The number of rotatable bonds is 4. The Kier molecular flexibility index (Phi) is 4.71. The summed E-state index contributed by atoms with van der Waals surface area (Å²) in [5, 5.41) is 0. The van der Waals surface area contributed by atoms with Gasteiger partial charge in [0.05, 0.1) is 0 Å². The first-order chi connectivity index (χ1) is 9.01. The van der Waals surface area contributed by atoms with Gasteiger partial charge in [0, 0.05) is 0 Å². The van der Waals surface area contributed by atoms with Crippen LogP contribution in [0.15, 0.2) is 24.3 Å². The second kappa shape index (κ2) is 6.11. The van der Waals surface area contributed by atoms with Crippen LogP contribution in [0.25, 0.3) is 0 Å². The fraction of sp³-hybridized carbons (Fsp3) is 0.684. The summed E-state index contributed by atoms with van der Waals surface area (Å²) in [5.74, 6) is 1.61. The third kappa shape index (κ3) is 3.41. The van der Waals surface area contributed by atoms with Gasteiger partial charge in [-0.15, -0.1) is 0 Å². The predicted octanol–water partition coefficient (Wildman–Crippen LogP) is 5.74. The van der Waals surface area contributed by atoms with Gasteiger partial charge in [0.2, 0.25) is 0 Å². The van der Waals surface area contributed by atoms with E-state index in [2.05, 4.69) is 52.0 Å². The molecular formula is C19H30. The highest BCUT2D eigenvalue weighted by atomic mass is 14.4. The topological polar surface area (TPSA) is 0 Å². The number of benzene rings is 1. The number of hydrogen-bond acceptors (Lipinski definition) is 0. The molecule has 0 radical (unpaired) electrons. The van der Waals surface area contributed by atoms with Gasteiger partial charge in [-0.3, -0.25) is 0 Å². The minimum Gasteiger partial charge on any atom is -0.0625 e. The van der Waals surface area contributed by atoms with Crippen LogP contribution in [-0.2, 0) is 11.8 Å². The summed E-state index contributed by atoms with van der Waals surface area (Å²) in [7, 11) is 0. The molecule has 0 spiro atoms. The van der Waals surface area contributed by atoms with Crippen LogP contribution in [0.3, 0.4) is 0 Å². The molecule has 0 unspecified atom stereocenters. The molecule has 0 aromatic heterocycles. The van der Waals surface area contributed by atoms with Crippen molar-refractivity contribution in [3.63, 3.8) is 0 Å². The zero-order valence-corrected chi connectivity index (χ0v) is 13.2. The summed E-state index contributed by atoms with van der Waals surface area (Å²) in [4.78, 5) is 0. The molecule has 19 heavy (non-hydrogen) atoms. The van der Waals surface area contributed by atoms with E-state index in [1.165, 1.54) is 38.5 Å². The summed E-state index contributed by atoms with van der Waals surface area (Å²) in [5.41, 5.74) is 3.52. The van der Waals surface area contributed by atoms with Crippen molar-refractivity contribution in [3.8, 4) is 0 Å². The van der Waals surface area contributed by atoms with E-state index < -0.39 is 0 Å². The summed E-state index contributed by atoms with van der Waals surface area (Å²) >= 11 is 0. The molecule has 1 aliphatic rings. The molecule has 0 atom stereocenters. The summed E-state index contributed by atoms with van der Waals surface area (Å²) in [6.45, 7) is 9.60. The van der Waals surface area contributed by atoms with Crippen molar-refractivity contribution < 1.29 is 0 Å². The lowest BCUT2D eigenvalue weighted by Crippen LogP contribution is -2.31. The highest BCUT2D eigenvalue weighted by Gasteiger charge is 2.33. The van der Waals surface area contributed by atoms with Gasteiger partial charge in [-0.1, -0.05) is 71.2 Å². The van der Waals surface area contributed by atoms with Crippen molar-refractivity contribution in [2.75, 3.05) is 0 Å². The van der Waals surface area contributed by atoms with Gasteiger partial charge < -0.3 is 0 Å². The summed E-state index contributed by atoms with van der Waals surface area (Å²) < 4.78 is 0. The Morgan fingerprint density at radius 1 is 1.05 bits per heavy atom. The quantitative estimate of drug-likeness (QED) is 0.645. The fourth-order valence-corrected chi connectivity index (χ4v) is 3.81. The molecule has 0 bridgehead atoms. The van der Waals surface area contributed by atoms with Crippen molar-refractivity contribution in [3.05, 3.63) is 35.4 Å². The Bertz CT molecular complexity index is 394. The molecule has 2 rings (SSSR count). The average molecular weight is 258 g/mol. The smallest absolute Gasteiger partial charge is 0.00726 e. The molecule has 0 N–H and O–H groups in total. The second-order valence-corrected chi connectivity index (χ2v) is 7.31. The van der Waals surface area contributed by atoms with Crippen molar-refractivity contribution in [2.45, 2.75) is 71.6 Å². The molecule has 1 saturated carbocycles. The largest absolute Gasteiger partial charge is 0.0625 e. The van der Waals surface area contributed by atoms with Gasteiger partial charge >= 0.3 is 0 Å². The maximum absolute atomic E-state index is 2.47.